The molecule has 38 heavy (non-hydrogen) atoms. The Hall–Kier alpha value is -3.63. The molecule has 1 fully saturated rings. The molecule has 8 nitrogen and oxygen atoms in total. The number of amides is 2. The van der Waals surface area contributed by atoms with Crippen LogP contribution in [0, 0.1) is 6.92 Å². The van der Waals surface area contributed by atoms with Gasteiger partial charge in [-0.25, -0.2) is 0 Å². The van der Waals surface area contributed by atoms with E-state index in [0.717, 1.165) is 21.2 Å². The van der Waals surface area contributed by atoms with Gasteiger partial charge in [0.15, 0.2) is 16.7 Å². The van der Waals surface area contributed by atoms with Crippen molar-refractivity contribution >= 4 is 56.6 Å². The Morgan fingerprint density at radius 3 is 2.66 bits per heavy atom. The van der Waals surface area contributed by atoms with Gasteiger partial charge in [0.25, 0.3) is 0 Å². The van der Waals surface area contributed by atoms with Crippen LogP contribution in [0.4, 0.5) is 5.69 Å². The maximum Gasteiger partial charge on any atom is 0.240 e. The van der Waals surface area contributed by atoms with E-state index in [1.54, 1.807) is 18.3 Å². The monoisotopic (exact) mass is 594 g/mol. The molecule has 1 atom stereocenters. The van der Waals surface area contributed by atoms with Crippen LogP contribution in [0.5, 0.6) is 11.5 Å². The number of hydrogen-bond donors (Lipinski definition) is 2. The zero-order valence-electron chi connectivity index (χ0n) is 20.9. The Balaban J connectivity index is 1.39. The lowest BCUT2D eigenvalue weighted by Crippen LogP contribution is -2.28. The van der Waals surface area contributed by atoms with Crippen LogP contribution in [0.15, 0.2) is 81.4 Å². The fourth-order valence-corrected chi connectivity index (χ4v) is 5.12. The smallest absolute Gasteiger partial charge is 0.240 e. The molecule has 0 spiro atoms. The van der Waals surface area contributed by atoms with Crippen molar-refractivity contribution in [2.24, 2.45) is 10.2 Å². The number of aryl methyl sites for hydroxylation is 1. The van der Waals surface area contributed by atoms with E-state index in [9.17, 15) is 9.59 Å². The number of nitrogens with zero attached hydrogens (tertiary/aromatic N) is 2. The maximum atomic E-state index is 12.3. The third-order valence-corrected chi connectivity index (χ3v) is 7.19. The highest BCUT2D eigenvalue weighted by Crippen LogP contribution is 2.37. The number of rotatable bonds is 10. The van der Waals surface area contributed by atoms with Gasteiger partial charge in [-0.3, -0.25) is 9.59 Å². The normalized spacial score (nSPS) is 16.0. The molecule has 1 aliphatic rings. The summed E-state index contributed by atoms with van der Waals surface area (Å²) >= 11 is 4.76. The van der Waals surface area contributed by atoms with E-state index >= 15 is 0 Å². The Morgan fingerprint density at radius 1 is 1.13 bits per heavy atom. The van der Waals surface area contributed by atoms with E-state index in [1.807, 2.05) is 68.4 Å². The SMILES string of the molecule is CCOc1cc(/C=N/N=C2\NC(=O)C(CC(=O)Nc3ccccc3)S2)cc(Br)c1OCc1ccccc1C. The van der Waals surface area contributed by atoms with Gasteiger partial charge in [-0.05, 0) is 70.7 Å². The molecule has 0 aliphatic carbocycles. The number of thioether (sulfide) groups is 1. The number of carbonyl (C=O) groups excluding carboxylic acids is 2. The van der Waals surface area contributed by atoms with E-state index in [-0.39, 0.29) is 18.2 Å². The molecule has 1 unspecified atom stereocenters. The third-order valence-electron chi connectivity index (χ3n) is 5.53. The summed E-state index contributed by atoms with van der Waals surface area (Å²) in [5.74, 6) is 0.668. The number of amidine groups is 1. The molecule has 0 saturated carbocycles. The van der Waals surface area contributed by atoms with Crippen LogP contribution in [-0.4, -0.2) is 35.1 Å². The molecule has 2 N–H and O–H groups in total. The second-order valence-corrected chi connectivity index (χ2v) is 10.4. The van der Waals surface area contributed by atoms with Crippen molar-refractivity contribution in [2.75, 3.05) is 11.9 Å². The van der Waals surface area contributed by atoms with Gasteiger partial charge in [0.2, 0.25) is 11.8 Å². The summed E-state index contributed by atoms with van der Waals surface area (Å²) in [6.45, 7) is 4.83. The minimum atomic E-state index is -0.573. The summed E-state index contributed by atoms with van der Waals surface area (Å²) in [7, 11) is 0. The Bertz CT molecular complexity index is 1360. The van der Waals surface area contributed by atoms with Crippen molar-refractivity contribution in [1.82, 2.24) is 5.32 Å². The lowest BCUT2D eigenvalue weighted by Gasteiger charge is -2.15. The van der Waals surface area contributed by atoms with Crippen LogP contribution in [0.1, 0.15) is 30.0 Å². The number of benzene rings is 3. The van der Waals surface area contributed by atoms with E-state index in [2.05, 4.69) is 36.8 Å². The number of carbonyl (C=O) groups is 2. The van der Waals surface area contributed by atoms with Crippen LogP contribution < -0.4 is 20.1 Å². The number of para-hydroxylation sites is 1. The fraction of sp³-hybridized carbons (Fsp3) is 0.214. The molecule has 1 heterocycles. The Kier molecular flexibility index (Phi) is 9.56. The van der Waals surface area contributed by atoms with Crippen LogP contribution in [0.2, 0.25) is 0 Å². The second kappa shape index (κ2) is 13.3. The first-order valence-electron chi connectivity index (χ1n) is 12.0. The van der Waals surface area contributed by atoms with Gasteiger partial charge in [-0.1, -0.05) is 54.2 Å². The zero-order chi connectivity index (χ0) is 26.9. The lowest BCUT2D eigenvalue weighted by atomic mass is 10.1. The molecule has 3 aromatic carbocycles. The Labute approximate surface area is 234 Å². The topological polar surface area (TPSA) is 101 Å². The van der Waals surface area contributed by atoms with Crippen LogP contribution in [-0.2, 0) is 16.2 Å². The van der Waals surface area contributed by atoms with Gasteiger partial charge in [0, 0.05) is 12.1 Å². The van der Waals surface area contributed by atoms with Crippen LogP contribution in [0.25, 0.3) is 0 Å². The highest BCUT2D eigenvalue weighted by Gasteiger charge is 2.32. The van der Waals surface area contributed by atoms with Crippen molar-refractivity contribution in [1.29, 1.82) is 0 Å². The van der Waals surface area contributed by atoms with Gasteiger partial charge in [0.05, 0.1) is 17.3 Å². The molecular formula is C28H27BrN4O4S. The van der Waals surface area contributed by atoms with Gasteiger partial charge in [0.1, 0.15) is 11.9 Å². The standard InChI is InChI=1S/C28H27BrN4O4S/c1-3-36-23-14-19(13-22(29)26(23)37-17-20-10-8-7-9-18(20)2)16-30-33-28-32-27(35)24(38-28)15-25(34)31-21-11-5-4-6-12-21/h4-14,16,24H,3,15,17H2,1-2H3,(H,31,34)(H,32,33,35)/b30-16+. The van der Waals surface area contributed by atoms with E-state index in [0.29, 0.717) is 35.6 Å². The highest BCUT2D eigenvalue weighted by molar-refractivity contribution is 9.10. The Morgan fingerprint density at radius 2 is 1.89 bits per heavy atom. The summed E-state index contributed by atoms with van der Waals surface area (Å²) in [6, 6.07) is 20.8. The van der Waals surface area contributed by atoms with Gasteiger partial charge < -0.3 is 20.1 Å². The van der Waals surface area contributed by atoms with Crippen molar-refractivity contribution < 1.29 is 19.1 Å². The highest BCUT2D eigenvalue weighted by atomic mass is 79.9. The predicted octanol–water partition coefficient (Wildman–Crippen LogP) is 5.69. The number of anilines is 1. The molecule has 3 aromatic rings. The van der Waals surface area contributed by atoms with Gasteiger partial charge >= 0.3 is 0 Å². The molecule has 0 bridgehead atoms. The number of ether oxygens (including phenoxy) is 2. The van der Waals surface area contributed by atoms with Crippen molar-refractivity contribution in [3.63, 3.8) is 0 Å². The summed E-state index contributed by atoms with van der Waals surface area (Å²) in [4.78, 5) is 24.6. The molecule has 2 amide bonds. The summed E-state index contributed by atoms with van der Waals surface area (Å²) < 4.78 is 12.6. The maximum absolute atomic E-state index is 12.3. The molecule has 0 radical (unpaired) electrons. The van der Waals surface area contributed by atoms with Crippen LogP contribution >= 0.6 is 27.7 Å². The van der Waals surface area contributed by atoms with E-state index < -0.39 is 5.25 Å². The van der Waals surface area contributed by atoms with Crippen molar-refractivity contribution in [2.45, 2.75) is 32.1 Å². The summed E-state index contributed by atoms with van der Waals surface area (Å²) in [5, 5.41) is 13.5. The predicted molar refractivity (Wildman–Crippen MR) is 155 cm³/mol. The first-order valence-corrected chi connectivity index (χ1v) is 13.7. The molecule has 1 aliphatic heterocycles. The number of nitrogens with one attached hydrogen (secondary N) is 2. The fourth-order valence-electron chi connectivity index (χ4n) is 3.62. The van der Waals surface area contributed by atoms with E-state index in [1.165, 1.54) is 11.8 Å². The van der Waals surface area contributed by atoms with Gasteiger partial charge in [-0.15, -0.1) is 5.10 Å². The van der Waals surface area contributed by atoms with Crippen molar-refractivity contribution in [3.8, 4) is 11.5 Å². The number of halogens is 1. The summed E-state index contributed by atoms with van der Waals surface area (Å²) in [6.07, 6.45) is 1.59. The zero-order valence-corrected chi connectivity index (χ0v) is 23.3. The minimum Gasteiger partial charge on any atom is -0.490 e. The third kappa shape index (κ3) is 7.45. The molecule has 1 saturated heterocycles. The largest absolute Gasteiger partial charge is 0.490 e. The van der Waals surface area contributed by atoms with Crippen LogP contribution in [0.3, 0.4) is 0 Å². The average Bonchev–Trinajstić information content (AvgIpc) is 3.23. The quantitative estimate of drug-likeness (QED) is 0.232. The molecule has 4 rings (SSSR count). The second-order valence-electron chi connectivity index (χ2n) is 8.34. The molecule has 10 heteroatoms. The molecular weight excluding hydrogens is 568 g/mol. The lowest BCUT2D eigenvalue weighted by molar-refractivity contribution is -0.122. The van der Waals surface area contributed by atoms with Gasteiger partial charge in [-0.2, -0.15) is 5.10 Å². The van der Waals surface area contributed by atoms with E-state index in [4.69, 9.17) is 9.47 Å². The number of hydrogen-bond acceptors (Lipinski definition) is 7. The first-order chi connectivity index (χ1) is 18.4. The van der Waals surface area contributed by atoms with Crippen molar-refractivity contribution in [3.05, 3.63) is 87.9 Å². The minimum absolute atomic E-state index is 0.0305. The molecule has 196 valence electrons. The summed E-state index contributed by atoms with van der Waals surface area (Å²) in [5.41, 5.74) is 3.67. The first kappa shape index (κ1) is 27.4. The average molecular weight is 596 g/mol. The molecule has 0 aromatic heterocycles.